The molecule has 28 heavy (non-hydrogen) atoms. The Balaban J connectivity index is 1.41. The van der Waals surface area contributed by atoms with Crippen LogP contribution in [0.4, 0.5) is 11.5 Å². The maximum absolute atomic E-state index is 12.5. The fraction of sp³-hybridized carbons (Fsp3) is 0.450. The Morgan fingerprint density at radius 3 is 2.29 bits per heavy atom. The summed E-state index contributed by atoms with van der Waals surface area (Å²) in [5.41, 5.74) is 0.962. The normalized spacial score (nSPS) is 17.6. The molecule has 0 spiro atoms. The zero-order chi connectivity index (χ0) is 19.3. The van der Waals surface area contributed by atoms with Gasteiger partial charge in [-0.1, -0.05) is 18.2 Å². The summed E-state index contributed by atoms with van der Waals surface area (Å²) >= 11 is 0. The lowest BCUT2D eigenvalue weighted by atomic mass is 10.2. The molecule has 0 bridgehead atoms. The van der Waals surface area contributed by atoms with Crippen LogP contribution in [0, 0.1) is 0 Å². The first-order valence-corrected chi connectivity index (χ1v) is 9.69. The van der Waals surface area contributed by atoms with Crippen LogP contribution >= 0.6 is 0 Å². The van der Waals surface area contributed by atoms with E-state index in [9.17, 15) is 9.59 Å². The topological polar surface area (TPSA) is 70.9 Å². The van der Waals surface area contributed by atoms with E-state index in [1.54, 1.807) is 11.0 Å². The number of hydrogen-bond donors (Lipinski definition) is 0. The maximum Gasteiger partial charge on any atom is 0.267 e. The molecule has 2 saturated heterocycles. The highest BCUT2D eigenvalue weighted by atomic mass is 16.5. The second-order valence-electron chi connectivity index (χ2n) is 6.99. The molecule has 0 N–H and O–H groups in total. The van der Waals surface area contributed by atoms with Crippen LogP contribution in [0.1, 0.15) is 0 Å². The second kappa shape index (κ2) is 8.43. The van der Waals surface area contributed by atoms with Gasteiger partial charge in [0.2, 0.25) is 5.91 Å². The fourth-order valence-corrected chi connectivity index (χ4v) is 3.59. The first-order valence-electron chi connectivity index (χ1n) is 9.69. The minimum atomic E-state index is -0.256. The first kappa shape index (κ1) is 18.5. The molecule has 148 valence electrons. The number of aromatic nitrogens is 2. The van der Waals surface area contributed by atoms with Crippen LogP contribution < -0.4 is 15.4 Å². The van der Waals surface area contributed by atoms with E-state index in [4.69, 9.17) is 4.74 Å². The number of carbonyl (C=O) groups excluding carboxylic acids is 1. The zero-order valence-electron chi connectivity index (χ0n) is 15.9. The molecule has 2 aliphatic heterocycles. The van der Waals surface area contributed by atoms with E-state index in [0.29, 0.717) is 26.3 Å². The number of carbonyl (C=O) groups is 1. The summed E-state index contributed by atoms with van der Waals surface area (Å²) < 4.78 is 6.55. The van der Waals surface area contributed by atoms with Crippen molar-refractivity contribution in [3.05, 3.63) is 52.8 Å². The molecule has 3 heterocycles. The van der Waals surface area contributed by atoms with Crippen LogP contribution in [0.2, 0.25) is 0 Å². The van der Waals surface area contributed by atoms with Gasteiger partial charge in [0.05, 0.1) is 13.2 Å². The number of anilines is 2. The number of morpholine rings is 1. The number of rotatable bonds is 4. The molecule has 0 radical (unpaired) electrons. The monoisotopic (exact) mass is 383 g/mol. The van der Waals surface area contributed by atoms with Crippen molar-refractivity contribution in [3.8, 4) is 0 Å². The molecular formula is C20H25N5O3. The minimum Gasteiger partial charge on any atom is -0.378 e. The van der Waals surface area contributed by atoms with E-state index in [0.717, 1.165) is 32.0 Å². The Labute approximate surface area is 163 Å². The second-order valence-corrected chi connectivity index (χ2v) is 6.99. The zero-order valence-corrected chi connectivity index (χ0v) is 15.9. The summed E-state index contributed by atoms with van der Waals surface area (Å²) in [6.07, 6.45) is 0. The number of ether oxygens (including phenoxy) is 1. The molecule has 0 atom stereocenters. The summed E-state index contributed by atoms with van der Waals surface area (Å²) in [7, 11) is 0. The van der Waals surface area contributed by atoms with Crippen molar-refractivity contribution in [2.75, 3.05) is 62.3 Å². The van der Waals surface area contributed by atoms with Crippen LogP contribution in [-0.4, -0.2) is 73.1 Å². The van der Waals surface area contributed by atoms with Crippen molar-refractivity contribution in [2.45, 2.75) is 6.54 Å². The number of piperazine rings is 1. The third kappa shape index (κ3) is 4.17. The lowest BCUT2D eigenvalue weighted by Crippen LogP contribution is -2.47. The van der Waals surface area contributed by atoms with Crippen molar-refractivity contribution in [3.63, 3.8) is 0 Å². The van der Waals surface area contributed by atoms with Gasteiger partial charge >= 0.3 is 0 Å². The fourth-order valence-electron chi connectivity index (χ4n) is 3.59. The number of nitrogens with zero attached hydrogens (tertiary/aromatic N) is 5. The smallest absolute Gasteiger partial charge is 0.267 e. The maximum atomic E-state index is 12.5. The van der Waals surface area contributed by atoms with Gasteiger partial charge in [0, 0.05) is 51.0 Å². The van der Waals surface area contributed by atoms with Gasteiger partial charge in [0.1, 0.15) is 12.4 Å². The van der Waals surface area contributed by atoms with Gasteiger partial charge in [-0.3, -0.25) is 9.59 Å². The SMILES string of the molecule is O=C(Cn1nc(N2CCN(c3ccccc3)CC2)ccc1=O)N1CCOCC1. The van der Waals surface area contributed by atoms with Gasteiger partial charge in [0.25, 0.3) is 5.56 Å². The predicted octanol–water partition coefficient (Wildman–Crippen LogP) is 0.429. The molecule has 8 nitrogen and oxygen atoms in total. The molecule has 4 rings (SSSR count). The summed E-state index contributed by atoms with van der Waals surface area (Å²) in [5, 5.41) is 4.46. The molecule has 0 saturated carbocycles. The standard InChI is InChI=1S/C20H25N5O3/c26-19-7-6-18(21-25(19)16-20(27)24-12-14-28-15-13-24)23-10-8-22(9-11-23)17-4-2-1-3-5-17/h1-7H,8-16H2. The average Bonchev–Trinajstić information content (AvgIpc) is 2.76. The molecule has 1 aromatic carbocycles. The van der Waals surface area contributed by atoms with Crippen LogP contribution in [0.5, 0.6) is 0 Å². The molecule has 0 unspecified atom stereocenters. The van der Waals surface area contributed by atoms with Gasteiger partial charge in [-0.25, -0.2) is 4.68 Å². The van der Waals surface area contributed by atoms with Crippen molar-refractivity contribution in [1.29, 1.82) is 0 Å². The van der Waals surface area contributed by atoms with E-state index < -0.39 is 0 Å². The van der Waals surface area contributed by atoms with Gasteiger partial charge < -0.3 is 19.4 Å². The summed E-state index contributed by atoms with van der Waals surface area (Å²) in [5.74, 6) is 0.644. The van der Waals surface area contributed by atoms with Crippen molar-refractivity contribution in [1.82, 2.24) is 14.7 Å². The number of hydrogen-bond acceptors (Lipinski definition) is 6. The predicted molar refractivity (Wildman–Crippen MR) is 107 cm³/mol. The van der Waals surface area contributed by atoms with Gasteiger partial charge in [0.15, 0.2) is 0 Å². The lowest BCUT2D eigenvalue weighted by molar-refractivity contribution is -0.136. The van der Waals surface area contributed by atoms with Crippen LogP contribution in [0.3, 0.4) is 0 Å². The van der Waals surface area contributed by atoms with Crippen molar-refractivity contribution >= 4 is 17.4 Å². The van der Waals surface area contributed by atoms with Crippen molar-refractivity contribution < 1.29 is 9.53 Å². The number of benzene rings is 1. The summed E-state index contributed by atoms with van der Waals surface area (Å²) in [6, 6.07) is 13.6. The Hall–Kier alpha value is -2.87. The third-order valence-corrected chi connectivity index (χ3v) is 5.23. The van der Waals surface area contributed by atoms with E-state index >= 15 is 0 Å². The number of para-hydroxylation sites is 1. The highest BCUT2D eigenvalue weighted by molar-refractivity contribution is 5.76. The van der Waals surface area contributed by atoms with Crippen LogP contribution in [0.15, 0.2) is 47.3 Å². The molecule has 8 heteroatoms. The summed E-state index contributed by atoms with van der Waals surface area (Å²) in [6.45, 7) is 5.59. The molecule has 1 aromatic heterocycles. The highest BCUT2D eigenvalue weighted by Gasteiger charge is 2.21. The third-order valence-electron chi connectivity index (χ3n) is 5.23. The first-order chi connectivity index (χ1) is 13.7. The Morgan fingerprint density at radius 1 is 0.893 bits per heavy atom. The van der Waals surface area contributed by atoms with E-state index in [-0.39, 0.29) is 18.0 Å². The minimum absolute atomic E-state index is 0.0311. The molecular weight excluding hydrogens is 358 g/mol. The van der Waals surface area contributed by atoms with Crippen LogP contribution in [0.25, 0.3) is 0 Å². The molecule has 1 amide bonds. The Bertz CT molecular complexity index is 856. The average molecular weight is 383 g/mol. The number of amides is 1. The molecule has 2 fully saturated rings. The molecule has 2 aromatic rings. The van der Waals surface area contributed by atoms with Gasteiger partial charge in [-0.2, -0.15) is 5.10 Å². The van der Waals surface area contributed by atoms with Crippen molar-refractivity contribution in [2.24, 2.45) is 0 Å². The summed E-state index contributed by atoms with van der Waals surface area (Å²) in [4.78, 5) is 30.9. The van der Waals surface area contributed by atoms with E-state index in [1.165, 1.54) is 16.4 Å². The lowest BCUT2D eigenvalue weighted by Gasteiger charge is -2.36. The Morgan fingerprint density at radius 2 is 1.57 bits per heavy atom. The van der Waals surface area contributed by atoms with Gasteiger partial charge in [-0.15, -0.1) is 0 Å². The Kier molecular flexibility index (Phi) is 5.57. The highest BCUT2D eigenvalue weighted by Crippen LogP contribution is 2.18. The van der Waals surface area contributed by atoms with E-state index in [1.807, 2.05) is 18.2 Å². The quantitative estimate of drug-likeness (QED) is 0.763. The molecule has 0 aliphatic carbocycles. The van der Waals surface area contributed by atoms with Gasteiger partial charge in [-0.05, 0) is 18.2 Å². The van der Waals surface area contributed by atoms with E-state index in [2.05, 4.69) is 27.0 Å². The largest absolute Gasteiger partial charge is 0.378 e. The van der Waals surface area contributed by atoms with Crippen LogP contribution in [-0.2, 0) is 16.1 Å². The molecule has 2 aliphatic rings.